The van der Waals surface area contributed by atoms with Crippen LogP contribution in [0.1, 0.15) is 44.5 Å². The molecule has 0 amide bonds. The van der Waals surface area contributed by atoms with Crippen LogP contribution in [0.4, 0.5) is 5.69 Å². The molecule has 182 valence electrons. The van der Waals surface area contributed by atoms with E-state index in [1.54, 1.807) is 36.4 Å². The number of piperidine rings is 1. The summed E-state index contributed by atoms with van der Waals surface area (Å²) in [5.41, 5.74) is 1.26. The quantitative estimate of drug-likeness (QED) is 0.426. The summed E-state index contributed by atoms with van der Waals surface area (Å²) < 4.78 is 31.2. The molecule has 0 spiro atoms. The monoisotopic (exact) mass is 501 g/mol. The van der Waals surface area contributed by atoms with Gasteiger partial charge in [-0.05, 0) is 76.7 Å². The van der Waals surface area contributed by atoms with E-state index in [1.807, 2.05) is 19.1 Å². The molecule has 1 saturated heterocycles. The van der Waals surface area contributed by atoms with E-state index in [9.17, 15) is 8.42 Å². The Balaban J connectivity index is 1.85. The van der Waals surface area contributed by atoms with Crippen LogP contribution in [0, 0.1) is 6.92 Å². The molecule has 2 aromatic carbocycles. The Hall–Kier alpha value is -2.42. The highest BCUT2D eigenvalue weighted by atomic mass is 35.5. The molecule has 0 bridgehead atoms. The summed E-state index contributed by atoms with van der Waals surface area (Å²) in [6.45, 7) is 6.36. The van der Waals surface area contributed by atoms with Gasteiger partial charge in [0, 0.05) is 23.2 Å². The number of likely N-dealkylation sites (tertiary alicyclic amines) is 1. The van der Waals surface area contributed by atoms with Crippen LogP contribution in [0.15, 0.2) is 53.4 Å². The van der Waals surface area contributed by atoms with Gasteiger partial charge in [0.1, 0.15) is 5.82 Å². The molecule has 0 saturated carbocycles. The fourth-order valence-corrected chi connectivity index (χ4v) is 6.25. The van der Waals surface area contributed by atoms with Gasteiger partial charge in [0.2, 0.25) is 0 Å². The zero-order chi connectivity index (χ0) is 24.3. The van der Waals surface area contributed by atoms with Crippen LogP contribution >= 0.6 is 11.6 Å². The Labute approximate surface area is 207 Å². The van der Waals surface area contributed by atoms with Crippen LogP contribution in [-0.4, -0.2) is 54.8 Å². The van der Waals surface area contributed by atoms with Gasteiger partial charge in [-0.2, -0.15) is 0 Å². The molecule has 7 nitrogen and oxygen atoms in total. The average molecular weight is 502 g/mol. The molecule has 1 fully saturated rings. The summed E-state index contributed by atoms with van der Waals surface area (Å²) in [5, 5.41) is 9.44. The van der Waals surface area contributed by atoms with Crippen molar-refractivity contribution in [2.24, 2.45) is 0 Å². The number of aromatic nitrogens is 3. The highest BCUT2D eigenvalue weighted by Crippen LogP contribution is 2.38. The van der Waals surface area contributed by atoms with Crippen molar-refractivity contribution in [2.45, 2.75) is 50.5 Å². The zero-order valence-electron chi connectivity index (χ0n) is 20.0. The smallest absolute Gasteiger partial charge is 0.264 e. The molecule has 4 rings (SSSR count). The van der Waals surface area contributed by atoms with Crippen LogP contribution in [0.2, 0.25) is 5.02 Å². The number of hydrogen-bond acceptors (Lipinski definition) is 5. The van der Waals surface area contributed by atoms with Gasteiger partial charge in [0.25, 0.3) is 10.0 Å². The number of anilines is 1. The summed E-state index contributed by atoms with van der Waals surface area (Å²) in [5.74, 6) is 1.48. The minimum Gasteiger partial charge on any atom is -0.308 e. The van der Waals surface area contributed by atoms with E-state index >= 15 is 0 Å². The van der Waals surface area contributed by atoms with E-state index in [4.69, 9.17) is 11.6 Å². The van der Waals surface area contributed by atoms with Gasteiger partial charge in [0.05, 0.1) is 10.6 Å². The first-order valence-corrected chi connectivity index (χ1v) is 13.6. The molecule has 0 radical (unpaired) electrons. The van der Waals surface area contributed by atoms with Gasteiger partial charge >= 0.3 is 0 Å². The van der Waals surface area contributed by atoms with Crippen molar-refractivity contribution >= 4 is 27.3 Å². The molecular weight excluding hydrogens is 470 g/mol. The number of unbranched alkanes of at least 4 members (excludes halogenated alkanes) is 1. The first-order chi connectivity index (χ1) is 16.3. The van der Waals surface area contributed by atoms with E-state index in [0.717, 1.165) is 44.6 Å². The Morgan fingerprint density at radius 3 is 2.47 bits per heavy atom. The molecular formula is C25H32ClN5O2S. The molecule has 1 aliphatic heterocycles. The van der Waals surface area contributed by atoms with Crippen molar-refractivity contribution in [3.05, 3.63) is 59.4 Å². The summed E-state index contributed by atoms with van der Waals surface area (Å²) in [6, 6.07) is 14.2. The molecule has 0 unspecified atom stereocenters. The fourth-order valence-electron chi connectivity index (χ4n) is 4.54. The maximum absolute atomic E-state index is 13.8. The van der Waals surface area contributed by atoms with Gasteiger partial charge in [-0.25, -0.2) is 8.42 Å². The van der Waals surface area contributed by atoms with Crippen molar-refractivity contribution in [1.29, 1.82) is 0 Å². The third-order valence-corrected chi connectivity index (χ3v) is 8.50. The molecule has 2 heterocycles. The maximum Gasteiger partial charge on any atom is 0.264 e. The molecule has 1 aliphatic rings. The lowest BCUT2D eigenvalue weighted by molar-refractivity contribution is 0.220. The topological polar surface area (TPSA) is 71.3 Å². The van der Waals surface area contributed by atoms with Crippen molar-refractivity contribution in [3.8, 4) is 11.4 Å². The minimum atomic E-state index is -3.78. The lowest BCUT2D eigenvalue weighted by Crippen LogP contribution is -2.33. The largest absolute Gasteiger partial charge is 0.308 e. The first-order valence-electron chi connectivity index (χ1n) is 11.8. The molecule has 0 aliphatic carbocycles. The second-order valence-corrected chi connectivity index (χ2v) is 11.2. The summed E-state index contributed by atoms with van der Waals surface area (Å²) >= 11 is 6.44. The summed E-state index contributed by atoms with van der Waals surface area (Å²) in [7, 11) is -1.65. The average Bonchev–Trinajstić information content (AvgIpc) is 3.22. The number of benzene rings is 2. The Bertz CT molecular complexity index is 1220. The van der Waals surface area contributed by atoms with Gasteiger partial charge in [0.15, 0.2) is 5.82 Å². The molecule has 0 atom stereocenters. The molecule has 1 aromatic heterocycles. The predicted molar refractivity (Wildman–Crippen MR) is 137 cm³/mol. The SMILES string of the molecule is CCCCN(c1ccc(Cl)cc1-c1nnc(C)n1C1CCN(C)CC1)S(=O)(=O)c1ccccc1. The first kappa shape index (κ1) is 24.7. The van der Waals surface area contributed by atoms with Crippen LogP contribution in [0.3, 0.4) is 0 Å². The number of rotatable bonds is 8. The van der Waals surface area contributed by atoms with Crippen LogP contribution in [0.25, 0.3) is 11.4 Å². The van der Waals surface area contributed by atoms with E-state index in [2.05, 4.69) is 33.6 Å². The normalized spacial score (nSPS) is 15.5. The number of aryl methyl sites for hydroxylation is 1. The zero-order valence-corrected chi connectivity index (χ0v) is 21.6. The number of sulfonamides is 1. The van der Waals surface area contributed by atoms with Crippen molar-refractivity contribution in [2.75, 3.05) is 31.0 Å². The Morgan fingerprint density at radius 2 is 1.79 bits per heavy atom. The second-order valence-electron chi connectivity index (χ2n) is 8.88. The van der Waals surface area contributed by atoms with Crippen molar-refractivity contribution < 1.29 is 8.42 Å². The standard InChI is InChI=1S/C25H32ClN5O2S/c1-4-5-15-30(34(32,33)22-9-7-6-8-10-22)24-12-11-20(26)18-23(24)25-28-27-19(2)31(25)21-13-16-29(3)17-14-21/h6-12,18,21H,4-5,13-17H2,1-3H3. The van der Waals surface area contributed by atoms with E-state index in [1.165, 1.54) is 4.31 Å². The predicted octanol–water partition coefficient (Wildman–Crippen LogP) is 5.17. The third kappa shape index (κ3) is 4.99. The molecule has 0 N–H and O–H groups in total. The molecule has 9 heteroatoms. The maximum atomic E-state index is 13.8. The Kier molecular flexibility index (Phi) is 7.60. The number of nitrogens with zero attached hydrogens (tertiary/aromatic N) is 5. The van der Waals surface area contributed by atoms with Gasteiger partial charge in [-0.1, -0.05) is 43.1 Å². The fraction of sp³-hybridized carbons (Fsp3) is 0.440. The van der Waals surface area contributed by atoms with Crippen LogP contribution in [-0.2, 0) is 10.0 Å². The number of hydrogen-bond donors (Lipinski definition) is 0. The van der Waals surface area contributed by atoms with Gasteiger partial charge < -0.3 is 9.47 Å². The van der Waals surface area contributed by atoms with Gasteiger partial charge in [-0.3, -0.25) is 4.31 Å². The highest BCUT2D eigenvalue weighted by Gasteiger charge is 2.30. The Morgan fingerprint density at radius 1 is 1.09 bits per heavy atom. The summed E-state index contributed by atoms with van der Waals surface area (Å²) in [6.07, 6.45) is 3.57. The second kappa shape index (κ2) is 10.5. The lowest BCUT2D eigenvalue weighted by atomic mass is 10.0. The number of halogens is 1. The molecule has 3 aromatic rings. The van der Waals surface area contributed by atoms with Crippen LogP contribution in [0.5, 0.6) is 0 Å². The minimum absolute atomic E-state index is 0.253. The molecule has 34 heavy (non-hydrogen) atoms. The highest BCUT2D eigenvalue weighted by molar-refractivity contribution is 7.92. The van der Waals surface area contributed by atoms with Crippen molar-refractivity contribution in [1.82, 2.24) is 19.7 Å². The van der Waals surface area contributed by atoms with E-state index < -0.39 is 10.0 Å². The van der Waals surface area contributed by atoms with Crippen LogP contribution < -0.4 is 4.31 Å². The summed E-state index contributed by atoms with van der Waals surface area (Å²) in [4.78, 5) is 2.58. The van der Waals surface area contributed by atoms with Gasteiger partial charge in [-0.15, -0.1) is 10.2 Å². The van der Waals surface area contributed by atoms with Crippen molar-refractivity contribution in [3.63, 3.8) is 0 Å². The third-order valence-electron chi connectivity index (χ3n) is 6.43. The van der Waals surface area contributed by atoms with E-state index in [0.29, 0.717) is 28.6 Å². The lowest BCUT2D eigenvalue weighted by Gasteiger charge is -2.32. The van der Waals surface area contributed by atoms with E-state index in [-0.39, 0.29) is 10.9 Å².